The van der Waals surface area contributed by atoms with Crippen LogP contribution in [0.1, 0.15) is 56.8 Å². The molecule has 1 aromatic heterocycles. The fraction of sp³-hybridized carbons (Fsp3) is 0.737. The Kier molecular flexibility index (Phi) is 5.69. The molecule has 1 aromatic rings. The van der Waals surface area contributed by atoms with E-state index in [1.165, 1.54) is 6.42 Å². The number of aliphatic hydroxyl groups excluding tert-OH is 1. The molecule has 1 amide bonds. The number of hydrogen-bond donors (Lipinski definition) is 1. The second-order valence-electron chi connectivity index (χ2n) is 7.96. The summed E-state index contributed by atoms with van der Waals surface area (Å²) in [7, 11) is 0. The number of likely N-dealkylation sites (tertiary alicyclic amines) is 2. The lowest BCUT2D eigenvalue weighted by Crippen LogP contribution is -2.54. The summed E-state index contributed by atoms with van der Waals surface area (Å²) in [5.41, 5.74) is 1.33. The summed E-state index contributed by atoms with van der Waals surface area (Å²) in [6.45, 7) is 8.46. The fourth-order valence-electron chi connectivity index (χ4n) is 4.21. The maximum atomic E-state index is 12.1. The average molecular weight is 346 g/mol. The van der Waals surface area contributed by atoms with Gasteiger partial charge in [-0.05, 0) is 25.8 Å². The molecule has 6 heteroatoms. The highest BCUT2D eigenvalue weighted by atomic mass is 16.3. The zero-order chi connectivity index (χ0) is 17.9. The van der Waals surface area contributed by atoms with E-state index in [0.29, 0.717) is 18.9 Å². The maximum absolute atomic E-state index is 12.1. The lowest BCUT2D eigenvalue weighted by molar-refractivity contribution is -0.140. The highest BCUT2D eigenvalue weighted by molar-refractivity contribution is 5.77. The van der Waals surface area contributed by atoms with Crippen molar-refractivity contribution in [2.24, 2.45) is 5.41 Å². The molecule has 6 nitrogen and oxygen atoms in total. The maximum Gasteiger partial charge on any atom is 0.222 e. The normalized spacial score (nSPS) is 25.1. The van der Waals surface area contributed by atoms with Gasteiger partial charge in [-0.2, -0.15) is 0 Å². The first kappa shape index (κ1) is 18.3. The minimum atomic E-state index is 0.0467. The van der Waals surface area contributed by atoms with E-state index in [1.54, 1.807) is 0 Å². The van der Waals surface area contributed by atoms with E-state index in [9.17, 15) is 9.90 Å². The first-order valence-electron chi connectivity index (χ1n) is 9.43. The largest absolute Gasteiger partial charge is 0.395 e. The molecule has 25 heavy (non-hydrogen) atoms. The number of piperidine rings is 2. The molecule has 1 N–H and O–H groups in total. The lowest BCUT2D eigenvalue weighted by Gasteiger charge is -2.48. The summed E-state index contributed by atoms with van der Waals surface area (Å²) in [5.74, 6) is 1.43. The predicted octanol–water partition coefficient (Wildman–Crippen LogP) is 1.80. The third-order valence-corrected chi connectivity index (χ3v) is 5.51. The third-order valence-electron chi connectivity index (χ3n) is 5.51. The molecule has 138 valence electrons. The first-order chi connectivity index (χ1) is 12.0. The van der Waals surface area contributed by atoms with Crippen molar-refractivity contribution >= 4 is 5.91 Å². The van der Waals surface area contributed by atoms with E-state index < -0.39 is 0 Å². The van der Waals surface area contributed by atoms with Gasteiger partial charge in [0.2, 0.25) is 5.91 Å². The molecule has 0 bridgehead atoms. The van der Waals surface area contributed by atoms with Crippen LogP contribution in [-0.4, -0.2) is 63.6 Å². The Labute approximate surface area is 150 Å². The van der Waals surface area contributed by atoms with Crippen molar-refractivity contribution < 1.29 is 9.90 Å². The molecule has 0 radical (unpaired) electrons. The van der Waals surface area contributed by atoms with Gasteiger partial charge in [0.05, 0.1) is 6.61 Å². The van der Waals surface area contributed by atoms with Crippen molar-refractivity contribution in [1.29, 1.82) is 0 Å². The Morgan fingerprint density at radius 3 is 2.68 bits per heavy atom. The number of aliphatic hydroxyl groups is 1. The molecular formula is C19H30N4O2. The van der Waals surface area contributed by atoms with E-state index in [0.717, 1.165) is 50.4 Å². The van der Waals surface area contributed by atoms with Gasteiger partial charge >= 0.3 is 0 Å². The zero-order valence-corrected chi connectivity index (χ0v) is 15.4. The van der Waals surface area contributed by atoms with Crippen molar-refractivity contribution in [1.82, 2.24) is 19.8 Å². The van der Waals surface area contributed by atoms with Gasteiger partial charge in [-0.3, -0.25) is 9.69 Å². The molecule has 2 aliphatic rings. The van der Waals surface area contributed by atoms with Crippen molar-refractivity contribution in [2.45, 2.75) is 52.0 Å². The molecule has 3 heterocycles. The Balaban J connectivity index is 1.63. The Morgan fingerprint density at radius 1 is 1.24 bits per heavy atom. The second kappa shape index (κ2) is 7.79. The highest BCUT2D eigenvalue weighted by Gasteiger charge is 2.41. The molecule has 0 saturated carbocycles. The molecule has 1 spiro atoms. The van der Waals surface area contributed by atoms with Crippen LogP contribution in [0.3, 0.4) is 0 Å². The van der Waals surface area contributed by atoms with Gasteiger partial charge in [0.1, 0.15) is 5.82 Å². The topological polar surface area (TPSA) is 69.6 Å². The average Bonchev–Trinajstić information content (AvgIpc) is 2.59. The molecule has 3 rings (SSSR count). The van der Waals surface area contributed by atoms with Crippen LogP contribution >= 0.6 is 0 Å². The van der Waals surface area contributed by atoms with Gasteiger partial charge in [-0.25, -0.2) is 9.97 Å². The number of rotatable bonds is 5. The van der Waals surface area contributed by atoms with E-state index in [-0.39, 0.29) is 17.9 Å². The van der Waals surface area contributed by atoms with Crippen LogP contribution in [0.25, 0.3) is 0 Å². The van der Waals surface area contributed by atoms with Crippen molar-refractivity contribution in [3.05, 3.63) is 23.8 Å². The Hall–Kier alpha value is -1.53. The van der Waals surface area contributed by atoms with Crippen LogP contribution < -0.4 is 0 Å². The minimum Gasteiger partial charge on any atom is -0.395 e. The van der Waals surface area contributed by atoms with Crippen LogP contribution in [-0.2, 0) is 11.3 Å². The predicted molar refractivity (Wildman–Crippen MR) is 96.0 cm³/mol. The molecule has 1 atom stereocenters. The molecule has 2 fully saturated rings. The zero-order valence-electron chi connectivity index (χ0n) is 15.4. The number of aromatic nitrogens is 2. The molecule has 0 aromatic carbocycles. The van der Waals surface area contributed by atoms with Gasteiger partial charge in [0.25, 0.3) is 0 Å². The molecule has 0 aliphatic carbocycles. The van der Waals surface area contributed by atoms with Crippen LogP contribution in [0.2, 0.25) is 0 Å². The van der Waals surface area contributed by atoms with E-state index >= 15 is 0 Å². The number of nitrogens with zero attached hydrogens (tertiary/aromatic N) is 4. The van der Waals surface area contributed by atoms with Crippen LogP contribution in [0, 0.1) is 5.41 Å². The summed E-state index contributed by atoms with van der Waals surface area (Å²) >= 11 is 0. The number of amides is 1. The van der Waals surface area contributed by atoms with Gasteiger partial charge in [0, 0.05) is 61.9 Å². The minimum absolute atomic E-state index is 0.0467. The molecule has 0 unspecified atom stereocenters. The lowest BCUT2D eigenvalue weighted by atomic mass is 9.73. The second-order valence-corrected chi connectivity index (χ2v) is 7.96. The summed E-state index contributed by atoms with van der Waals surface area (Å²) in [6.07, 6.45) is 7.80. The smallest absolute Gasteiger partial charge is 0.222 e. The number of β-amino-alcohol motifs (C(OH)–C–C–N with tert-alkyl or cyclic N) is 1. The fourth-order valence-corrected chi connectivity index (χ4v) is 4.21. The van der Waals surface area contributed by atoms with Crippen LogP contribution in [0.15, 0.2) is 12.4 Å². The SMILES string of the molecule is CC(C)c1ncc(CN2CCC[C@]3(CCC(=O)N(CCO)C3)C2)cn1. The first-order valence-corrected chi connectivity index (χ1v) is 9.43. The van der Waals surface area contributed by atoms with E-state index in [4.69, 9.17) is 0 Å². The van der Waals surface area contributed by atoms with Crippen molar-refractivity contribution in [3.8, 4) is 0 Å². The summed E-state index contributed by atoms with van der Waals surface area (Å²) in [6, 6.07) is 0. The van der Waals surface area contributed by atoms with Gasteiger partial charge < -0.3 is 10.0 Å². The molecular weight excluding hydrogens is 316 g/mol. The number of carbonyl (C=O) groups is 1. The van der Waals surface area contributed by atoms with E-state index in [2.05, 4.69) is 28.7 Å². The van der Waals surface area contributed by atoms with Crippen molar-refractivity contribution in [2.75, 3.05) is 32.8 Å². The third kappa shape index (κ3) is 4.36. The standard InChI is InChI=1S/C19H30N4O2/c1-15(2)18-20-10-16(11-21-18)12-22-7-3-5-19(13-22)6-4-17(25)23(14-19)8-9-24/h10-11,15,24H,3-9,12-14H2,1-2H3/t19-/m0/s1. The van der Waals surface area contributed by atoms with Crippen LogP contribution in [0.4, 0.5) is 0 Å². The van der Waals surface area contributed by atoms with Gasteiger partial charge in [0.15, 0.2) is 0 Å². The summed E-state index contributed by atoms with van der Waals surface area (Å²) in [5, 5.41) is 9.21. The highest BCUT2D eigenvalue weighted by Crippen LogP contribution is 2.39. The summed E-state index contributed by atoms with van der Waals surface area (Å²) < 4.78 is 0. The number of carbonyl (C=O) groups excluding carboxylic acids is 1. The van der Waals surface area contributed by atoms with Crippen molar-refractivity contribution in [3.63, 3.8) is 0 Å². The number of hydrogen-bond acceptors (Lipinski definition) is 5. The Morgan fingerprint density at radius 2 is 2.00 bits per heavy atom. The van der Waals surface area contributed by atoms with Crippen LogP contribution in [0.5, 0.6) is 0 Å². The molecule has 2 saturated heterocycles. The monoisotopic (exact) mass is 346 g/mol. The Bertz CT molecular complexity index is 590. The molecule has 2 aliphatic heterocycles. The quantitative estimate of drug-likeness (QED) is 0.880. The van der Waals surface area contributed by atoms with Gasteiger partial charge in [-0.15, -0.1) is 0 Å². The van der Waals surface area contributed by atoms with E-state index in [1.807, 2.05) is 17.3 Å². The summed E-state index contributed by atoms with van der Waals surface area (Å²) in [4.78, 5) is 25.3. The van der Waals surface area contributed by atoms with Gasteiger partial charge in [-0.1, -0.05) is 13.8 Å².